The van der Waals surface area contributed by atoms with Crippen molar-refractivity contribution in [1.29, 1.82) is 0 Å². The Bertz CT molecular complexity index is 749. The molecule has 0 aliphatic heterocycles. The lowest BCUT2D eigenvalue weighted by Crippen LogP contribution is -2.22. The van der Waals surface area contributed by atoms with Crippen LogP contribution in [0, 0.1) is 12.7 Å². The van der Waals surface area contributed by atoms with E-state index in [1.54, 1.807) is 17.6 Å². The molecule has 0 atom stereocenters. The molecule has 0 radical (unpaired) electrons. The molecule has 2 aromatic rings. The fourth-order valence-corrected chi connectivity index (χ4v) is 2.59. The summed E-state index contributed by atoms with van der Waals surface area (Å²) in [6.07, 6.45) is 1.42. The van der Waals surface area contributed by atoms with Crippen molar-refractivity contribution in [3.63, 3.8) is 0 Å². The second-order valence-corrected chi connectivity index (χ2v) is 5.10. The van der Waals surface area contributed by atoms with Crippen molar-refractivity contribution < 1.29 is 14.3 Å². The minimum atomic E-state index is -1.06. The van der Waals surface area contributed by atoms with Crippen LogP contribution in [-0.4, -0.2) is 15.6 Å². The Morgan fingerprint density at radius 3 is 2.71 bits per heavy atom. The van der Waals surface area contributed by atoms with Gasteiger partial charge in [0, 0.05) is 23.2 Å². The summed E-state index contributed by atoms with van der Waals surface area (Å²) in [6, 6.07) is 4.34. The highest BCUT2D eigenvalue weighted by atomic mass is 19.1. The molecule has 1 aromatic heterocycles. The lowest BCUT2D eigenvalue weighted by Gasteiger charge is -2.18. The highest BCUT2D eigenvalue weighted by molar-refractivity contribution is 5.82. The molecule has 0 aliphatic rings. The summed E-state index contributed by atoms with van der Waals surface area (Å²) < 4.78 is 15.9. The van der Waals surface area contributed by atoms with E-state index in [0.29, 0.717) is 12.2 Å². The topological polar surface area (TPSA) is 59.3 Å². The number of aromatic nitrogens is 1. The van der Waals surface area contributed by atoms with Crippen molar-refractivity contribution in [2.24, 2.45) is 0 Å². The van der Waals surface area contributed by atoms with Gasteiger partial charge in [-0.05, 0) is 25.5 Å². The van der Waals surface area contributed by atoms with Crippen LogP contribution in [0.5, 0.6) is 0 Å². The van der Waals surface area contributed by atoms with Gasteiger partial charge in [-0.2, -0.15) is 0 Å². The van der Waals surface area contributed by atoms with E-state index in [2.05, 4.69) is 0 Å². The molecule has 0 saturated heterocycles. The smallest absolute Gasteiger partial charge is 0.308 e. The number of aliphatic carboxylic acids is 1. The number of hydrogen-bond acceptors (Lipinski definition) is 2. The van der Waals surface area contributed by atoms with E-state index in [9.17, 15) is 14.0 Å². The molecular weight excluding hydrogens is 273 g/mol. The number of nitrogens with zero attached hydrogens (tertiary/aromatic N) is 1. The molecule has 112 valence electrons. The van der Waals surface area contributed by atoms with Crippen LogP contribution in [0.3, 0.4) is 0 Å². The van der Waals surface area contributed by atoms with Gasteiger partial charge in [0.15, 0.2) is 5.43 Å². The highest BCUT2D eigenvalue weighted by Gasteiger charge is 2.18. The number of carboxylic acids is 1. The predicted molar refractivity (Wildman–Crippen MR) is 79.2 cm³/mol. The standard InChI is InChI=1S/C16H18FNO3/c1-3-4-8-18-10(2)12(9-14(19)20)16(21)11-6-5-7-13(17)15(11)18/h5-7H,3-4,8-9H2,1-2H3,(H,19,20). The average Bonchev–Trinajstić information content (AvgIpc) is 2.44. The van der Waals surface area contributed by atoms with E-state index in [1.807, 2.05) is 6.92 Å². The molecule has 1 N–H and O–H groups in total. The first-order chi connectivity index (χ1) is 9.97. The first kappa shape index (κ1) is 15.2. The quantitative estimate of drug-likeness (QED) is 0.921. The third kappa shape index (κ3) is 2.82. The Morgan fingerprint density at radius 1 is 1.38 bits per heavy atom. The average molecular weight is 291 g/mol. The Kier molecular flexibility index (Phi) is 4.40. The fraction of sp³-hybridized carbons (Fsp3) is 0.375. The van der Waals surface area contributed by atoms with Gasteiger partial charge in [-0.1, -0.05) is 19.4 Å². The molecule has 0 unspecified atom stereocenters. The number of aryl methyl sites for hydroxylation is 1. The first-order valence-corrected chi connectivity index (χ1v) is 6.99. The SMILES string of the molecule is CCCCn1c(C)c(CC(=O)O)c(=O)c2cccc(F)c21. The maximum Gasteiger partial charge on any atom is 0.308 e. The van der Waals surface area contributed by atoms with E-state index >= 15 is 0 Å². The van der Waals surface area contributed by atoms with Crippen molar-refractivity contribution in [1.82, 2.24) is 4.57 Å². The molecule has 4 nitrogen and oxygen atoms in total. The molecule has 0 spiro atoms. The number of hydrogen-bond donors (Lipinski definition) is 1. The van der Waals surface area contributed by atoms with Gasteiger partial charge >= 0.3 is 5.97 Å². The Balaban J connectivity index is 2.82. The number of unbranched alkanes of at least 4 members (excludes halogenated alkanes) is 1. The van der Waals surface area contributed by atoms with Gasteiger partial charge in [0.2, 0.25) is 0 Å². The number of carboxylic acid groups (broad SMARTS) is 1. The maximum absolute atomic E-state index is 14.2. The number of fused-ring (bicyclic) bond motifs is 1. The van der Waals surface area contributed by atoms with E-state index in [1.165, 1.54) is 12.1 Å². The third-order valence-corrected chi connectivity index (χ3v) is 3.68. The van der Waals surface area contributed by atoms with Gasteiger partial charge in [0.1, 0.15) is 5.82 Å². The summed E-state index contributed by atoms with van der Waals surface area (Å²) in [5.41, 5.74) is 0.643. The molecule has 1 heterocycles. The number of rotatable bonds is 5. The summed E-state index contributed by atoms with van der Waals surface area (Å²) in [5.74, 6) is -1.52. The van der Waals surface area contributed by atoms with Crippen LogP contribution in [0.4, 0.5) is 4.39 Å². The monoisotopic (exact) mass is 291 g/mol. The van der Waals surface area contributed by atoms with Gasteiger partial charge in [-0.25, -0.2) is 4.39 Å². The summed E-state index contributed by atoms with van der Waals surface area (Å²) in [5, 5.41) is 9.23. The minimum Gasteiger partial charge on any atom is -0.481 e. The lowest BCUT2D eigenvalue weighted by atomic mass is 10.0. The Labute approximate surface area is 121 Å². The maximum atomic E-state index is 14.2. The summed E-state index contributed by atoms with van der Waals surface area (Å²) in [7, 11) is 0. The number of carbonyl (C=O) groups is 1. The largest absolute Gasteiger partial charge is 0.481 e. The summed E-state index contributed by atoms with van der Waals surface area (Å²) in [6.45, 7) is 4.27. The van der Waals surface area contributed by atoms with Crippen LogP contribution >= 0.6 is 0 Å². The zero-order valence-electron chi connectivity index (χ0n) is 12.1. The molecule has 0 saturated carbocycles. The zero-order chi connectivity index (χ0) is 15.6. The van der Waals surface area contributed by atoms with Gasteiger partial charge in [-0.3, -0.25) is 9.59 Å². The van der Waals surface area contributed by atoms with E-state index in [0.717, 1.165) is 12.8 Å². The van der Waals surface area contributed by atoms with Gasteiger partial charge in [0.05, 0.1) is 11.9 Å². The molecule has 2 rings (SSSR count). The zero-order valence-corrected chi connectivity index (χ0v) is 12.1. The van der Waals surface area contributed by atoms with Gasteiger partial charge in [-0.15, -0.1) is 0 Å². The molecule has 5 heteroatoms. The van der Waals surface area contributed by atoms with Gasteiger partial charge in [0.25, 0.3) is 0 Å². The second kappa shape index (κ2) is 6.08. The van der Waals surface area contributed by atoms with Crippen molar-refractivity contribution >= 4 is 16.9 Å². The lowest BCUT2D eigenvalue weighted by molar-refractivity contribution is -0.136. The third-order valence-electron chi connectivity index (χ3n) is 3.68. The predicted octanol–water partition coefficient (Wildman–Crippen LogP) is 2.88. The van der Waals surface area contributed by atoms with Crippen LogP contribution in [0.25, 0.3) is 10.9 Å². The van der Waals surface area contributed by atoms with Crippen LogP contribution in [0.1, 0.15) is 31.0 Å². The Morgan fingerprint density at radius 2 is 2.10 bits per heavy atom. The highest BCUT2D eigenvalue weighted by Crippen LogP contribution is 2.20. The van der Waals surface area contributed by atoms with Gasteiger partial charge < -0.3 is 9.67 Å². The summed E-state index contributed by atoms with van der Waals surface area (Å²) >= 11 is 0. The van der Waals surface area contributed by atoms with E-state index in [-0.39, 0.29) is 22.9 Å². The van der Waals surface area contributed by atoms with Crippen molar-refractivity contribution in [2.45, 2.75) is 39.7 Å². The van der Waals surface area contributed by atoms with Crippen molar-refractivity contribution in [3.05, 3.63) is 45.5 Å². The first-order valence-electron chi connectivity index (χ1n) is 6.99. The van der Waals surface area contributed by atoms with Crippen LogP contribution < -0.4 is 5.43 Å². The van der Waals surface area contributed by atoms with Crippen LogP contribution in [-0.2, 0) is 17.8 Å². The molecular formula is C16H18FNO3. The molecule has 0 bridgehead atoms. The number of pyridine rings is 1. The summed E-state index contributed by atoms with van der Waals surface area (Å²) in [4.78, 5) is 23.4. The number of halogens is 1. The van der Waals surface area contributed by atoms with Crippen molar-refractivity contribution in [2.75, 3.05) is 0 Å². The Hall–Kier alpha value is -2.17. The molecule has 0 aliphatic carbocycles. The molecule has 1 aromatic carbocycles. The van der Waals surface area contributed by atoms with Crippen LogP contribution in [0.2, 0.25) is 0 Å². The molecule has 21 heavy (non-hydrogen) atoms. The van der Waals surface area contributed by atoms with E-state index in [4.69, 9.17) is 5.11 Å². The van der Waals surface area contributed by atoms with Crippen molar-refractivity contribution in [3.8, 4) is 0 Å². The fourth-order valence-electron chi connectivity index (χ4n) is 2.59. The number of benzene rings is 1. The van der Waals surface area contributed by atoms with E-state index < -0.39 is 17.2 Å². The number of para-hydroxylation sites is 1. The minimum absolute atomic E-state index is 0.233. The van der Waals surface area contributed by atoms with Crippen LogP contribution in [0.15, 0.2) is 23.0 Å². The molecule has 0 amide bonds. The normalized spacial score (nSPS) is 11.0. The molecule has 0 fully saturated rings. The second-order valence-electron chi connectivity index (χ2n) is 5.10.